The van der Waals surface area contributed by atoms with Crippen LogP contribution in [-0.2, 0) is 25.4 Å². The third-order valence-electron chi connectivity index (χ3n) is 4.27. The molecule has 0 saturated heterocycles. The summed E-state index contributed by atoms with van der Waals surface area (Å²) in [5.74, 6) is -3.28. The zero-order chi connectivity index (χ0) is 15.2. The number of aliphatic hydroxyl groups is 1. The number of alkyl halides is 2. The van der Waals surface area contributed by atoms with Gasteiger partial charge in [0.2, 0.25) is 0 Å². The molecule has 0 aliphatic carbocycles. The van der Waals surface area contributed by atoms with E-state index in [1.807, 2.05) is 0 Å². The Kier molecular flexibility index (Phi) is 3.35. The molecule has 0 saturated carbocycles. The SMILES string of the molecule is O=C(O)N1CCc2nn3c(c2C1)C(F)(F)CCC(CO)C3. The van der Waals surface area contributed by atoms with E-state index in [1.54, 1.807) is 0 Å². The minimum absolute atomic E-state index is 0.0423. The van der Waals surface area contributed by atoms with Crippen LogP contribution in [0.5, 0.6) is 0 Å². The van der Waals surface area contributed by atoms with E-state index in [0.29, 0.717) is 17.7 Å². The van der Waals surface area contributed by atoms with Gasteiger partial charge in [-0.1, -0.05) is 0 Å². The van der Waals surface area contributed by atoms with Crippen LogP contribution in [0.15, 0.2) is 0 Å². The molecule has 1 unspecified atom stereocenters. The molecule has 0 spiro atoms. The smallest absolute Gasteiger partial charge is 0.407 e. The van der Waals surface area contributed by atoms with Crippen LogP contribution >= 0.6 is 0 Å². The molecule has 3 rings (SSSR count). The molecule has 2 aliphatic rings. The molecule has 0 radical (unpaired) electrons. The highest BCUT2D eigenvalue weighted by Crippen LogP contribution is 2.41. The maximum Gasteiger partial charge on any atom is 0.407 e. The largest absolute Gasteiger partial charge is 0.465 e. The average Bonchev–Trinajstić information content (AvgIpc) is 2.74. The van der Waals surface area contributed by atoms with Crippen molar-refractivity contribution in [1.82, 2.24) is 14.7 Å². The molecule has 0 fully saturated rings. The fraction of sp³-hybridized carbons (Fsp3) is 0.692. The van der Waals surface area contributed by atoms with E-state index in [9.17, 15) is 18.7 Å². The van der Waals surface area contributed by atoms with Gasteiger partial charge in [-0.2, -0.15) is 13.9 Å². The number of rotatable bonds is 1. The van der Waals surface area contributed by atoms with Crippen molar-refractivity contribution in [1.29, 1.82) is 0 Å². The van der Waals surface area contributed by atoms with Crippen LogP contribution in [0.2, 0.25) is 0 Å². The molecule has 6 nitrogen and oxygen atoms in total. The van der Waals surface area contributed by atoms with Gasteiger partial charge in [0.25, 0.3) is 5.92 Å². The maximum atomic E-state index is 14.4. The molecule has 0 bridgehead atoms. The summed E-state index contributed by atoms with van der Waals surface area (Å²) in [5, 5.41) is 22.6. The quantitative estimate of drug-likeness (QED) is 0.822. The summed E-state index contributed by atoms with van der Waals surface area (Å²) in [6.45, 7) is 0.329. The van der Waals surface area contributed by atoms with Crippen molar-refractivity contribution in [3.05, 3.63) is 17.0 Å². The lowest BCUT2D eigenvalue weighted by molar-refractivity contribution is -0.0227. The van der Waals surface area contributed by atoms with Crippen molar-refractivity contribution in [2.24, 2.45) is 5.92 Å². The van der Waals surface area contributed by atoms with Crippen LogP contribution in [0.25, 0.3) is 0 Å². The van der Waals surface area contributed by atoms with Gasteiger partial charge in [-0.25, -0.2) is 4.79 Å². The predicted octanol–water partition coefficient (Wildman–Crippen LogP) is 1.41. The van der Waals surface area contributed by atoms with Gasteiger partial charge in [0.15, 0.2) is 0 Å². The summed E-state index contributed by atoms with van der Waals surface area (Å²) in [7, 11) is 0. The van der Waals surface area contributed by atoms with Gasteiger partial charge < -0.3 is 15.1 Å². The molecule has 21 heavy (non-hydrogen) atoms. The third kappa shape index (κ3) is 2.37. The second-order valence-corrected chi connectivity index (χ2v) is 5.70. The van der Waals surface area contributed by atoms with Crippen molar-refractivity contribution in [2.75, 3.05) is 13.2 Å². The van der Waals surface area contributed by atoms with E-state index >= 15 is 0 Å². The number of carbonyl (C=O) groups is 1. The number of nitrogens with zero attached hydrogens (tertiary/aromatic N) is 3. The number of aromatic nitrogens is 2. The molecule has 2 N–H and O–H groups in total. The zero-order valence-electron chi connectivity index (χ0n) is 11.4. The predicted molar refractivity (Wildman–Crippen MR) is 68.1 cm³/mol. The highest BCUT2D eigenvalue weighted by atomic mass is 19.3. The summed E-state index contributed by atoms with van der Waals surface area (Å²) in [6.07, 6.45) is -0.874. The Hall–Kier alpha value is -1.70. The van der Waals surface area contributed by atoms with Crippen molar-refractivity contribution in [2.45, 2.75) is 38.3 Å². The van der Waals surface area contributed by atoms with Gasteiger partial charge in [-0.05, 0) is 6.42 Å². The number of aliphatic hydroxyl groups excluding tert-OH is 1. The number of carboxylic acid groups (broad SMARTS) is 1. The molecular formula is C13H17F2N3O3. The summed E-state index contributed by atoms with van der Waals surface area (Å²) >= 11 is 0. The third-order valence-corrected chi connectivity index (χ3v) is 4.27. The normalized spacial score (nSPS) is 24.1. The summed E-state index contributed by atoms with van der Waals surface area (Å²) in [6, 6.07) is 0. The first-order valence-electron chi connectivity index (χ1n) is 6.98. The standard InChI is InChI=1S/C13H17F2N3O3/c14-13(15)3-1-8(7-19)5-18-11(13)9-6-17(12(20)21)4-2-10(9)16-18/h8,19H,1-7H2,(H,20,21). The second kappa shape index (κ2) is 4.94. The Labute approximate surface area is 120 Å². The Balaban J connectivity index is 2.04. The van der Waals surface area contributed by atoms with Crippen LogP contribution in [0.4, 0.5) is 13.6 Å². The van der Waals surface area contributed by atoms with Crippen LogP contribution in [-0.4, -0.2) is 44.1 Å². The Morgan fingerprint density at radius 1 is 1.48 bits per heavy atom. The van der Waals surface area contributed by atoms with E-state index in [1.165, 1.54) is 4.68 Å². The maximum absolute atomic E-state index is 14.4. The first-order valence-corrected chi connectivity index (χ1v) is 6.98. The summed E-state index contributed by atoms with van der Waals surface area (Å²) in [5.41, 5.74) is 0.729. The van der Waals surface area contributed by atoms with Crippen molar-refractivity contribution in [3.8, 4) is 0 Å². The topological polar surface area (TPSA) is 78.6 Å². The van der Waals surface area contributed by atoms with E-state index in [4.69, 9.17) is 5.11 Å². The van der Waals surface area contributed by atoms with Gasteiger partial charge >= 0.3 is 6.09 Å². The first kappa shape index (κ1) is 14.2. The number of amides is 1. The lowest BCUT2D eigenvalue weighted by Gasteiger charge is -2.25. The minimum atomic E-state index is -3.04. The van der Waals surface area contributed by atoms with E-state index < -0.39 is 12.0 Å². The lowest BCUT2D eigenvalue weighted by atomic mass is 9.98. The first-order chi connectivity index (χ1) is 9.92. The highest BCUT2D eigenvalue weighted by molar-refractivity contribution is 5.65. The van der Waals surface area contributed by atoms with Crippen LogP contribution in [0.3, 0.4) is 0 Å². The van der Waals surface area contributed by atoms with Gasteiger partial charge in [0.1, 0.15) is 5.69 Å². The zero-order valence-corrected chi connectivity index (χ0v) is 11.4. The number of hydrogen-bond acceptors (Lipinski definition) is 3. The van der Waals surface area contributed by atoms with Crippen LogP contribution in [0, 0.1) is 5.92 Å². The van der Waals surface area contributed by atoms with E-state index in [2.05, 4.69) is 5.10 Å². The van der Waals surface area contributed by atoms with Gasteiger partial charge in [-0.15, -0.1) is 0 Å². The van der Waals surface area contributed by atoms with Crippen molar-refractivity contribution in [3.63, 3.8) is 0 Å². The Bertz CT molecular complexity index is 573. The van der Waals surface area contributed by atoms with Crippen LogP contribution < -0.4 is 0 Å². The fourth-order valence-electron chi connectivity index (χ4n) is 3.12. The van der Waals surface area contributed by atoms with Crippen molar-refractivity contribution < 1.29 is 23.8 Å². The van der Waals surface area contributed by atoms with Crippen LogP contribution in [0.1, 0.15) is 29.8 Å². The summed E-state index contributed by atoms with van der Waals surface area (Å²) < 4.78 is 30.1. The molecule has 2 aliphatic heterocycles. The molecule has 1 aromatic heterocycles. The van der Waals surface area contributed by atoms with Gasteiger partial charge in [-0.3, -0.25) is 4.68 Å². The number of halogens is 2. The van der Waals surface area contributed by atoms with E-state index in [-0.39, 0.29) is 50.7 Å². The van der Waals surface area contributed by atoms with Crippen molar-refractivity contribution >= 4 is 6.09 Å². The lowest BCUT2D eigenvalue weighted by Crippen LogP contribution is -2.35. The number of hydrogen-bond donors (Lipinski definition) is 2. The molecule has 0 aromatic carbocycles. The average molecular weight is 301 g/mol. The summed E-state index contributed by atoms with van der Waals surface area (Å²) in [4.78, 5) is 12.2. The second-order valence-electron chi connectivity index (χ2n) is 5.70. The number of fused-ring (bicyclic) bond motifs is 3. The molecule has 1 aromatic rings. The molecule has 3 heterocycles. The molecule has 8 heteroatoms. The van der Waals surface area contributed by atoms with Gasteiger partial charge in [0, 0.05) is 44.0 Å². The molecular weight excluding hydrogens is 284 g/mol. The minimum Gasteiger partial charge on any atom is -0.465 e. The molecule has 1 atom stereocenters. The van der Waals surface area contributed by atoms with Gasteiger partial charge in [0.05, 0.1) is 12.2 Å². The monoisotopic (exact) mass is 301 g/mol. The highest BCUT2D eigenvalue weighted by Gasteiger charge is 2.43. The molecule has 116 valence electrons. The molecule has 1 amide bonds. The Morgan fingerprint density at radius 2 is 2.24 bits per heavy atom. The van der Waals surface area contributed by atoms with E-state index in [0.717, 1.165) is 4.90 Å². The Morgan fingerprint density at radius 3 is 2.90 bits per heavy atom. The fourth-order valence-corrected chi connectivity index (χ4v) is 3.12.